The van der Waals surface area contributed by atoms with Gasteiger partial charge >= 0.3 is 12.1 Å². The minimum absolute atomic E-state index is 0.0568. The second-order valence-electron chi connectivity index (χ2n) is 6.75. The van der Waals surface area contributed by atoms with Crippen molar-refractivity contribution in [1.82, 2.24) is 19.9 Å². The number of aliphatic carboxylic acids is 1. The summed E-state index contributed by atoms with van der Waals surface area (Å²) in [7, 11) is 0. The number of aromatic nitrogens is 3. The van der Waals surface area contributed by atoms with E-state index in [4.69, 9.17) is 5.73 Å². The fraction of sp³-hybridized carbons (Fsp3) is 0.211. The first kappa shape index (κ1) is 19.3. The number of carbonyl (C=O) groups is 2. The summed E-state index contributed by atoms with van der Waals surface area (Å²) in [6, 6.07) is 7.98. The number of benzene rings is 1. The van der Waals surface area contributed by atoms with Crippen molar-refractivity contribution < 1.29 is 24.2 Å². The molecule has 2 aromatic heterocycles. The summed E-state index contributed by atoms with van der Waals surface area (Å²) >= 11 is 0. The SMILES string of the molecule is Nc1nc(N2CCN(C(=O)O)CC2C(=O)O)c2nc(-c3ccc(F)cc3)ccc2n1. The number of fused-ring (bicyclic) bond motifs is 1. The number of anilines is 2. The van der Waals surface area contributed by atoms with Crippen molar-refractivity contribution in [3.05, 3.63) is 42.2 Å². The predicted octanol–water partition coefficient (Wildman–Crippen LogP) is 1.67. The fourth-order valence-corrected chi connectivity index (χ4v) is 3.42. The molecule has 1 aliphatic rings. The Labute approximate surface area is 169 Å². The zero-order valence-electron chi connectivity index (χ0n) is 15.6. The van der Waals surface area contributed by atoms with Crippen molar-refractivity contribution >= 4 is 34.9 Å². The van der Waals surface area contributed by atoms with Crippen LogP contribution in [0, 0.1) is 5.82 Å². The van der Waals surface area contributed by atoms with E-state index in [2.05, 4.69) is 15.0 Å². The fourth-order valence-electron chi connectivity index (χ4n) is 3.42. The molecule has 1 amide bonds. The first-order valence-electron chi connectivity index (χ1n) is 9.01. The molecular formula is C19H17FN6O4. The Balaban J connectivity index is 1.82. The molecule has 30 heavy (non-hydrogen) atoms. The van der Waals surface area contributed by atoms with Crippen LogP contribution in [0.2, 0.25) is 0 Å². The molecule has 154 valence electrons. The number of piperazine rings is 1. The molecule has 0 bridgehead atoms. The Morgan fingerprint density at radius 1 is 1.03 bits per heavy atom. The van der Waals surface area contributed by atoms with Gasteiger partial charge in [0.2, 0.25) is 5.95 Å². The van der Waals surface area contributed by atoms with Crippen molar-refractivity contribution in [3.8, 4) is 11.3 Å². The highest BCUT2D eigenvalue weighted by molar-refractivity contribution is 5.91. The number of nitrogens with zero attached hydrogens (tertiary/aromatic N) is 5. The molecule has 10 nitrogen and oxygen atoms in total. The number of nitrogens with two attached hydrogens (primary N) is 1. The van der Waals surface area contributed by atoms with Gasteiger partial charge in [0.25, 0.3) is 0 Å². The molecule has 3 heterocycles. The van der Waals surface area contributed by atoms with E-state index in [1.807, 2.05) is 0 Å². The second kappa shape index (κ2) is 7.43. The van der Waals surface area contributed by atoms with Crippen LogP contribution in [-0.2, 0) is 4.79 Å². The number of carboxylic acids is 1. The molecule has 1 atom stereocenters. The highest BCUT2D eigenvalue weighted by atomic mass is 19.1. The highest BCUT2D eigenvalue weighted by Gasteiger charge is 2.36. The summed E-state index contributed by atoms with van der Waals surface area (Å²) in [5.74, 6) is -1.42. The first-order chi connectivity index (χ1) is 14.3. The van der Waals surface area contributed by atoms with E-state index in [0.717, 1.165) is 4.90 Å². The Hall–Kier alpha value is -4.02. The number of rotatable bonds is 3. The van der Waals surface area contributed by atoms with Crippen LogP contribution in [-0.4, -0.2) is 67.8 Å². The Morgan fingerprint density at radius 3 is 2.43 bits per heavy atom. The summed E-state index contributed by atoms with van der Waals surface area (Å²) in [5.41, 5.74) is 7.74. The molecule has 1 fully saturated rings. The second-order valence-corrected chi connectivity index (χ2v) is 6.75. The van der Waals surface area contributed by atoms with E-state index < -0.39 is 18.1 Å². The van der Waals surface area contributed by atoms with E-state index in [1.54, 1.807) is 24.3 Å². The van der Waals surface area contributed by atoms with Gasteiger partial charge in [0.05, 0.1) is 17.8 Å². The van der Waals surface area contributed by atoms with Crippen molar-refractivity contribution in [2.45, 2.75) is 6.04 Å². The Morgan fingerprint density at radius 2 is 1.77 bits per heavy atom. The number of halogens is 1. The average Bonchev–Trinajstić information content (AvgIpc) is 2.73. The summed E-state index contributed by atoms with van der Waals surface area (Å²) in [4.78, 5) is 38.6. The topological polar surface area (TPSA) is 146 Å². The van der Waals surface area contributed by atoms with E-state index in [-0.39, 0.29) is 37.2 Å². The van der Waals surface area contributed by atoms with Crippen LogP contribution < -0.4 is 10.6 Å². The number of hydrogen-bond donors (Lipinski definition) is 3. The van der Waals surface area contributed by atoms with Gasteiger partial charge in [0.1, 0.15) is 17.4 Å². The molecular weight excluding hydrogens is 395 g/mol. The lowest BCUT2D eigenvalue weighted by Crippen LogP contribution is -2.58. The maximum absolute atomic E-state index is 13.3. The van der Waals surface area contributed by atoms with E-state index >= 15 is 0 Å². The molecule has 1 aliphatic heterocycles. The minimum atomic E-state index is -1.19. The number of amides is 1. The van der Waals surface area contributed by atoms with Gasteiger partial charge < -0.3 is 25.7 Å². The van der Waals surface area contributed by atoms with Crippen LogP contribution in [0.3, 0.4) is 0 Å². The predicted molar refractivity (Wildman–Crippen MR) is 106 cm³/mol. The van der Waals surface area contributed by atoms with Gasteiger partial charge in [-0.15, -0.1) is 0 Å². The number of nitrogen functional groups attached to an aromatic ring is 1. The van der Waals surface area contributed by atoms with Gasteiger partial charge in [-0.2, -0.15) is 4.98 Å². The number of pyridine rings is 1. The van der Waals surface area contributed by atoms with Crippen LogP contribution in [0.15, 0.2) is 36.4 Å². The molecule has 4 rings (SSSR count). The monoisotopic (exact) mass is 412 g/mol. The third-order valence-corrected chi connectivity index (χ3v) is 4.89. The van der Waals surface area contributed by atoms with E-state index in [1.165, 1.54) is 17.0 Å². The van der Waals surface area contributed by atoms with Gasteiger partial charge in [0.15, 0.2) is 5.82 Å². The van der Waals surface area contributed by atoms with Gasteiger partial charge in [-0.1, -0.05) is 0 Å². The average molecular weight is 412 g/mol. The molecule has 0 radical (unpaired) electrons. The third-order valence-electron chi connectivity index (χ3n) is 4.89. The van der Waals surface area contributed by atoms with Crippen LogP contribution in [0.1, 0.15) is 0 Å². The standard InChI is InChI=1S/C19H17FN6O4/c20-11-3-1-10(2-4-11)12-5-6-13-15(22-12)16(24-18(21)23-13)26-8-7-25(19(29)30)9-14(26)17(27)28/h1-6,14H,7-9H2,(H,27,28)(H,29,30)(H2,21,23,24). The first-order valence-corrected chi connectivity index (χ1v) is 9.01. The quantitative estimate of drug-likeness (QED) is 0.584. The molecule has 1 unspecified atom stereocenters. The lowest BCUT2D eigenvalue weighted by molar-refractivity contribution is -0.139. The molecule has 0 spiro atoms. The number of hydrogen-bond acceptors (Lipinski definition) is 7. The zero-order valence-corrected chi connectivity index (χ0v) is 15.6. The lowest BCUT2D eigenvalue weighted by Gasteiger charge is -2.38. The lowest BCUT2D eigenvalue weighted by atomic mass is 10.1. The molecule has 11 heteroatoms. The van der Waals surface area contributed by atoms with Crippen molar-refractivity contribution in [3.63, 3.8) is 0 Å². The normalized spacial score (nSPS) is 16.6. The zero-order chi connectivity index (χ0) is 21.4. The van der Waals surface area contributed by atoms with Crippen LogP contribution >= 0.6 is 0 Å². The third kappa shape index (κ3) is 3.52. The molecule has 0 saturated carbocycles. The van der Waals surface area contributed by atoms with Gasteiger partial charge in [-0.05, 0) is 36.4 Å². The number of carboxylic acid groups (broad SMARTS) is 2. The summed E-state index contributed by atoms with van der Waals surface area (Å²) in [5, 5.41) is 18.9. The van der Waals surface area contributed by atoms with Gasteiger partial charge in [0, 0.05) is 18.7 Å². The van der Waals surface area contributed by atoms with Crippen LogP contribution in [0.5, 0.6) is 0 Å². The van der Waals surface area contributed by atoms with Crippen molar-refractivity contribution in [2.24, 2.45) is 0 Å². The molecule has 3 aromatic rings. The summed E-state index contributed by atoms with van der Waals surface area (Å²) in [6.45, 7) is -0.0346. The largest absolute Gasteiger partial charge is 0.480 e. The smallest absolute Gasteiger partial charge is 0.407 e. The van der Waals surface area contributed by atoms with E-state index in [9.17, 15) is 24.2 Å². The summed E-state index contributed by atoms with van der Waals surface area (Å²) in [6.07, 6.45) is -1.19. The van der Waals surface area contributed by atoms with Gasteiger partial charge in [-0.3, -0.25) is 0 Å². The van der Waals surface area contributed by atoms with Gasteiger partial charge in [-0.25, -0.2) is 23.9 Å². The maximum atomic E-state index is 13.3. The van der Waals surface area contributed by atoms with Crippen molar-refractivity contribution in [2.75, 3.05) is 30.3 Å². The van der Waals surface area contributed by atoms with Crippen molar-refractivity contribution in [1.29, 1.82) is 0 Å². The summed E-state index contributed by atoms with van der Waals surface area (Å²) < 4.78 is 13.3. The Bertz CT molecular complexity index is 1140. The Kier molecular flexibility index (Phi) is 4.78. The molecule has 0 aliphatic carbocycles. The van der Waals surface area contributed by atoms with E-state index in [0.29, 0.717) is 22.3 Å². The highest BCUT2D eigenvalue weighted by Crippen LogP contribution is 2.29. The molecule has 1 aromatic carbocycles. The van der Waals surface area contributed by atoms with Crippen LogP contribution in [0.25, 0.3) is 22.3 Å². The minimum Gasteiger partial charge on any atom is -0.480 e. The maximum Gasteiger partial charge on any atom is 0.407 e. The molecule has 4 N–H and O–H groups in total. The van der Waals surface area contributed by atoms with Crippen LogP contribution in [0.4, 0.5) is 21.0 Å². The molecule has 1 saturated heterocycles.